The standard InChI is InChI=1S/C24H39NO10/c1-14-15(22(31)35-21(14)30)6-7-18(28)25-23(2,3)8-11-33-24(4,5)9-10-32-19-12-16(27)20(29)17(13-26)34-19/h16-17,19-20,26-27,29H,6-13H2,1-5H3,(H,25,28). The van der Waals surface area contributed by atoms with E-state index in [4.69, 9.17) is 14.2 Å². The second-order valence-corrected chi connectivity index (χ2v) is 10.3. The van der Waals surface area contributed by atoms with Crippen molar-refractivity contribution >= 4 is 17.8 Å². The summed E-state index contributed by atoms with van der Waals surface area (Å²) in [7, 11) is 0. The summed E-state index contributed by atoms with van der Waals surface area (Å²) in [5, 5.41) is 31.8. The first kappa shape index (κ1) is 29.3. The predicted octanol–water partition coefficient (Wildman–Crippen LogP) is 0.482. The summed E-state index contributed by atoms with van der Waals surface area (Å²) >= 11 is 0. The summed E-state index contributed by atoms with van der Waals surface area (Å²) in [5.41, 5.74) is -0.585. The molecule has 4 atom stereocenters. The first-order valence-electron chi connectivity index (χ1n) is 11.9. The van der Waals surface area contributed by atoms with Crippen molar-refractivity contribution in [3.05, 3.63) is 11.1 Å². The fraction of sp³-hybridized carbons (Fsp3) is 0.792. The van der Waals surface area contributed by atoms with E-state index in [1.807, 2.05) is 27.7 Å². The van der Waals surface area contributed by atoms with Crippen LogP contribution < -0.4 is 5.32 Å². The summed E-state index contributed by atoms with van der Waals surface area (Å²) in [5.74, 6) is -1.58. The highest BCUT2D eigenvalue weighted by Gasteiger charge is 2.37. The van der Waals surface area contributed by atoms with E-state index in [2.05, 4.69) is 10.1 Å². The Kier molecular flexibility index (Phi) is 10.4. The topological polar surface area (TPSA) is 161 Å². The average Bonchev–Trinajstić information content (AvgIpc) is 2.99. The molecular formula is C24H39NO10. The van der Waals surface area contributed by atoms with E-state index >= 15 is 0 Å². The lowest BCUT2D eigenvalue weighted by atomic mass is 9.99. The van der Waals surface area contributed by atoms with Crippen LogP contribution >= 0.6 is 0 Å². The van der Waals surface area contributed by atoms with Crippen molar-refractivity contribution in [3.63, 3.8) is 0 Å². The first-order valence-corrected chi connectivity index (χ1v) is 11.9. The molecule has 0 aromatic carbocycles. The van der Waals surface area contributed by atoms with Gasteiger partial charge in [0.05, 0.1) is 24.9 Å². The summed E-state index contributed by atoms with van der Waals surface area (Å²) < 4.78 is 21.6. The SMILES string of the molecule is CC1=C(CCC(=O)NC(C)(C)CCOC(C)(C)CCOC2CC(O)C(O)C(CO)O2)C(=O)OC1=O. The highest BCUT2D eigenvalue weighted by molar-refractivity contribution is 6.12. The van der Waals surface area contributed by atoms with Crippen LogP contribution in [0.4, 0.5) is 0 Å². The summed E-state index contributed by atoms with van der Waals surface area (Å²) in [6, 6.07) is 0. The molecule has 0 radical (unpaired) electrons. The van der Waals surface area contributed by atoms with Gasteiger partial charge in [-0.25, -0.2) is 9.59 Å². The van der Waals surface area contributed by atoms with Crippen LogP contribution in [0.5, 0.6) is 0 Å². The average molecular weight is 502 g/mol. The fourth-order valence-electron chi connectivity index (χ4n) is 3.79. The third-order valence-corrected chi connectivity index (χ3v) is 6.21. The molecule has 0 aromatic rings. The van der Waals surface area contributed by atoms with E-state index in [0.717, 1.165) is 0 Å². The van der Waals surface area contributed by atoms with E-state index in [9.17, 15) is 29.7 Å². The number of hydrogen-bond acceptors (Lipinski definition) is 10. The molecule has 0 aromatic heterocycles. The zero-order valence-corrected chi connectivity index (χ0v) is 21.2. The summed E-state index contributed by atoms with van der Waals surface area (Å²) in [6.45, 7) is 9.34. The monoisotopic (exact) mass is 501 g/mol. The molecule has 4 N–H and O–H groups in total. The van der Waals surface area contributed by atoms with E-state index in [-0.39, 0.29) is 36.3 Å². The molecular weight excluding hydrogens is 462 g/mol. The van der Waals surface area contributed by atoms with E-state index in [0.29, 0.717) is 26.1 Å². The van der Waals surface area contributed by atoms with Gasteiger partial charge < -0.3 is 39.6 Å². The Morgan fingerprint density at radius 1 is 1.11 bits per heavy atom. The van der Waals surface area contributed by atoms with Gasteiger partial charge in [0.2, 0.25) is 5.91 Å². The predicted molar refractivity (Wildman–Crippen MR) is 123 cm³/mol. The molecule has 4 unspecified atom stereocenters. The number of rotatable bonds is 13. The smallest absolute Gasteiger partial charge is 0.342 e. The van der Waals surface area contributed by atoms with Gasteiger partial charge in [0.1, 0.15) is 12.2 Å². The van der Waals surface area contributed by atoms with Crippen molar-refractivity contribution in [2.45, 2.75) is 102 Å². The molecule has 1 amide bonds. The Labute approximate surface area is 205 Å². The third-order valence-electron chi connectivity index (χ3n) is 6.21. The largest absolute Gasteiger partial charge is 0.394 e. The quantitative estimate of drug-likeness (QED) is 0.206. The number of cyclic esters (lactones) is 2. The third kappa shape index (κ3) is 8.93. The molecule has 2 rings (SSSR count). The molecule has 2 aliphatic heterocycles. The molecule has 0 spiro atoms. The molecule has 200 valence electrons. The lowest BCUT2D eigenvalue weighted by molar-refractivity contribution is -0.259. The zero-order chi connectivity index (χ0) is 26.4. The molecule has 11 heteroatoms. The van der Waals surface area contributed by atoms with Crippen molar-refractivity contribution < 1.29 is 48.7 Å². The number of ether oxygens (including phenoxy) is 4. The van der Waals surface area contributed by atoms with Crippen molar-refractivity contribution in [2.24, 2.45) is 0 Å². The van der Waals surface area contributed by atoms with Gasteiger partial charge >= 0.3 is 11.9 Å². The van der Waals surface area contributed by atoms with Crippen LogP contribution in [0, 0.1) is 0 Å². The molecule has 2 heterocycles. The molecule has 1 saturated heterocycles. The Morgan fingerprint density at radius 3 is 2.40 bits per heavy atom. The van der Waals surface area contributed by atoms with Gasteiger partial charge in [-0.1, -0.05) is 0 Å². The molecule has 1 fully saturated rings. The number of hydrogen-bond donors (Lipinski definition) is 4. The van der Waals surface area contributed by atoms with Gasteiger partial charge in [0.25, 0.3) is 0 Å². The maximum absolute atomic E-state index is 12.4. The first-order chi connectivity index (χ1) is 16.2. The number of amides is 1. The van der Waals surface area contributed by atoms with Crippen molar-refractivity contribution in [2.75, 3.05) is 19.8 Å². The number of esters is 2. The minimum Gasteiger partial charge on any atom is -0.394 e. The molecule has 2 aliphatic rings. The Morgan fingerprint density at radius 2 is 1.80 bits per heavy atom. The molecule has 0 aliphatic carbocycles. The van der Waals surface area contributed by atoms with Gasteiger partial charge in [-0.05, 0) is 53.9 Å². The van der Waals surface area contributed by atoms with Crippen molar-refractivity contribution in [1.29, 1.82) is 0 Å². The van der Waals surface area contributed by atoms with Crippen LogP contribution in [0.2, 0.25) is 0 Å². The van der Waals surface area contributed by atoms with Crippen LogP contribution in [-0.4, -0.2) is 88.7 Å². The number of aliphatic hydroxyl groups excluding tert-OH is 3. The highest BCUT2D eigenvalue weighted by Crippen LogP contribution is 2.24. The fourth-order valence-corrected chi connectivity index (χ4v) is 3.79. The van der Waals surface area contributed by atoms with Crippen molar-refractivity contribution in [3.8, 4) is 0 Å². The summed E-state index contributed by atoms with van der Waals surface area (Å²) in [6.07, 6.45) is -2.39. The van der Waals surface area contributed by atoms with Gasteiger partial charge in [-0.15, -0.1) is 0 Å². The van der Waals surface area contributed by atoms with Crippen LogP contribution in [-0.2, 0) is 33.3 Å². The zero-order valence-electron chi connectivity index (χ0n) is 21.2. The maximum atomic E-state index is 12.4. The Bertz CT molecular complexity index is 806. The van der Waals surface area contributed by atoms with Gasteiger partial charge in [0, 0.05) is 36.1 Å². The summed E-state index contributed by atoms with van der Waals surface area (Å²) in [4.78, 5) is 35.4. The van der Waals surface area contributed by atoms with Gasteiger partial charge in [0.15, 0.2) is 6.29 Å². The minimum absolute atomic E-state index is 0.0638. The maximum Gasteiger partial charge on any atom is 0.342 e. The molecule has 35 heavy (non-hydrogen) atoms. The van der Waals surface area contributed by atoms with Crippen molar-refractivity contribution in [1.82, 2.24) is 5.32 Å². The van der Waals surface area contributed by atoms with Crippen LogP contribution in [0.25, 0.3) is 0 Å². The van der Waals surface area contributed by atoms with E-state index in [1.165, 1.54) is 6.92 Å². The minimum atomic E-state index is -1.15. The number of aliphatic hydroxyl groups is 3. The highest BCUT2D eigenvalue weighted by atomic mass is 16.7. The second-order valence-electron chi connectivity index (χ2n) is 10.3. The van der Waals surface area contributed by atoms with Gasteiger partial charge in [-0.2, -0.15) is 0 Å². The molecule has 11 nitrogen and oxygen atoms in total. The van der Waals surface area contributed by atoms with E-state index in [1.54, 1.807) is 0 Å². The lowest BCUT2D eigenvalue weighted by Gasteiger charge is -2.36. The van der Waals surface area contributed by atoms with E-state index < -0.39 is 54.3 Å². The lowest BCUT2D eigenvalue weighted by Crippen LogP contribution is -2.50. The number of nitrogens with one attached hydrogen (secondary N) is 1. The van der Waals surface area contributed by atoms with Crippen LogP contribution in [0.15, 0.2) is 11.1 Å². The normalized spacial score (nSPS) is 25.7. The van der Waals surface area contributed by atoms with Crippen LogP contribution in [0.3, 0.4) is 0 Å². The number of carbonyl (C=O) groups excluding carboxylic acids is 3. The molecule has 0 bridgehead atoms. The Hall–Kier alpha value is -1.89. The van der Waals surface area contributed by atoms with Crippen LogP contribution in [0.1, 0.15) is 66.7 Å². The molecule has 0 saturated carbocycles. The van der Waals surface area contributed by atoms with Gasteiger partial charge in [-0.3, -0.25) is 4.79 Å². The second kappa shape index (κ2) is 12.4. The number of carbonyl (C=O) groups is 3. The Balaban J connectivity index is 1.68.